The molecule has 8 aromatic carbocycles. The van der Waals surface area contributed by atoms with Crippen LogP contribution in [0.5, 0.6) is 23.0 Å². The number of ether oxygens (including phenoxy) is 4. The van der Waals surface area contributed by atoms with E-state index < -0.39 is 0 Å². The summed E-state index contributed by atoms with van der Waals surface area (Å²) in [6.45, 7) is 1.80. The highest BCUT2D eigenvalue weighted by Crippen LogP contribution is 2.46. The zero-order valence-corrected chi connectivity index (χ0v) is 29.8. The summed E-state index contributed by atoms with van der Waals surface area (Å²) in [5, 5.41) is 4.50. The summed E-state index contributed by atoms with van der Waals surface area (Å²) in [5.74, 6) is 3.27. The van der Waals surface area contributed by atoms with Gasteiger partial charge in [0.25, 0.3) is 0 Å². The van der Waals surface area contributed by atoms with Crippen LogP contribution in [0.4, 0.5) is 0 Å². The van der Waals surface area contributed by atoms with Crippen LogP contribution in [-0.2, 0) is 26.4 Å². The SMILES string of the molecule is C1=C\c2ccc(cc2)OCc2ccc(cc2)COc2ccc3ccccc3c2-c2c(ccc3ccccc23)OCc2ccc(cc2)COc2ccc/1cc2. The lowest BCUT2D eigenvalue weighted by Gasteiger charge is -2.20. The second-order valence-corrected chi connectivity index (χ2v) is 13.6. The van der Waals surface area contributed by atoms with Gasteiger partial charge in [-0.05, 0) is 91.3 Å². The maximum atomic E-state index is 6.71. The molecule has 5 heterocycles. The van der Waals surface area contributed by atoms with E-state index in [9.17, 15) is 0 Å². The Morgan fingerprint density at radius 1 is 0.296 bits per heavy atom. The maximum Gasteiger partial charge on any atom is 0.128 e. The van der Waals surface area contributed by atoms with Gasteiger partial charge < -0.3 is 18.9 Å². The lowest BCUT2D eigenvalue weighted by molar-refractivity contribution is 0.301. The fraction of sp³-hybridized carbons (Fsp3) is 0.0800. The van der Waals surface area contributed by atoms with Gasteiger partial charge in [-0.15, -0.1) is 0 Å². The summed E-state index contributed by atoms with van der Waals surface area (Å²) in [7, 11) is 0. The van der Waals surface area contributed by atoms with Gasteiger partial charge in [0.2, 0.25) is 0 Å². The molecule has 262 valence electrons. The average molecular weight is 703 g/mol. The second kappa shape index (κ2) is 15.1. The van der Waals surface area contributed by atoms with Crippen LogP contribution >= 0.6 is 0 Å². The Kier molecular flexibility index (Phi) is 9.23. The molecule has 8 bridgehead atoms. The van der Waals surface area contributed by atoms with Crippen LogP contribution in [0.25, 0.3) is 44.8 Å². The van der Waals surface area contributed by atoms with Crippen LogP contribution < -0.4 is 18.9 Å². The fourth-order valence-electron chi connectivity index (χ4n) is 6.92. The highest BCUT2D eigenvalue weighted by atomic mass is 16.5. The van der Waals surface area contributed by atoms with Crippen molar-refractivity contribution in [3.05, 3.63) is 203 Å². The quantitative estimate of drug-likeness (QED) is 0.158. The topological polar surface area (TPSA) is 36.9 Å². The first kappa shape index (κ1) is 33.1. The Morgan fingerprint density at radius 2 is 0.648 bits per heavy atom. The maximum absolute atomic E-state index is 6.71. The monoisotopic (exact) mass is 702 g/mol. The predicted octanol–water partition coefficient (Wildman–Crippen LogP) is 12.5. The molecular formula is C50H38O4. The molecule has 4 nitrogen and oxygen atoms in total. The van der Waals surface area contributed by atoms with Crippen molar-refractivity contribution in [3.8, 4) is 34.1 Å². The fourth-order valence-corrected chi connectivity index (χ4v) is 6.92. The molecule has 54 heavy (non-hydrogen) atoms. The minimum Gasteiger partial charge on any atom is -0.489 e. The summed E-state index contributed by atoms with van der Waals surface area (Å²) >= 11 is 0. The van der Waals surface area contributed by atoms with E-state index in [1.165, 1.54) is 0 Å². The van der Waals surface area contributed by atoms with E-state index in [0.717, 1.165) is 89.1 Å². The third-order valence-electron chi connectivity index (χ3n) is 9.91. The number of fused-ring (bicyclic) bond motifs is 6. The van der Waals surface area contributed by atoms with Crippen molar-refractivity contribution in [1.29, 1.82) is 0 Å². The average Bonchev–Trinajstić information content (AvgIpc) is 3.23. The molecule has 13 rings (SSSR count). The van der Waals surface area contributed by atoms with Crippen molar-refractivity contribution in [3.63, 3.8) is 0 Å². The third-order valence-corrected chi connectivity index (χ3v) is 9.91. The van der Waals surface area contributed by atoms with Crippen molar-refractivity contribution in [1.82, 2.24) is 0 Å². The number of rotatable bonds is 0. The summed E-state index contributed by atoms with van der Waals surface area (Å²) in [5.41, 5.74) is 8.58. The molecule has 0 saturated carbocycles. The molecule has 0 amide bonds. The zero-order chi connectivity index (χ0) is 36.1. The number of hydrogen-bond acceptors (Lipinski definition) is 4. The van der Waals surface area contributed by atoms with E-state index >= 15 is 0 Å². The summed E-state index contributed by atoms with van der Waals surface area (Å²) in [4.78, 5) is 0. The van der Waals surface area contributed by atoms with Crippen LogP contribution in [0.3, 0.4) is 0 Å². The van der Waals surface area contributed by atoms with Gasteiger partial charge in [-0.1, -0.05) is 146 Å². The standard InChI is InChI=1S/C50H38O4/c1-3-7-45-41(5-1)23-29-47-49(45)50-46-8-4-2-6-42(46)24-30-48(50)54-34-40-17-13-38(14-18-40)32-52-44-27-21-36(22-28-44)10-9-35-19-25-43(26-20-35)51-31-37-11-15-39(16-12-37)33-53-47/h1-30H,31-34H2/b10-9-. The van der Waals surface area contributed by atoms with Gasteiger partial charge in [0, 0.05) is 11.1 Å². The third kappa shape index (κ3) is 7.28. The van der Waals surface area contributed by atoms with Crippen LogP contribution in [0, 0.1) is 0 Å². The smallest absolute Gasteiger partial charge is 0.128 e. The van der Waals surface area contributed by atoms with Gasteiger partial charge in [-0.25, -0.2) is 0 Å². The lowest BCUT2D eigenvalue weighted by Crippen LogP contribution is -2.02. The summed E-state index contributed by atoms with van der Waals surface area (Å²) in [6.07, 6.45) is 4.21. The molecule has 0 atom stereocenters. The molecule has 0 saturated heterocycles. The van der Waals surface area contributed by atoms with Crippen molar-refractivity contribution >= 4 is 33.7 Å². The molecule has 0 aliphatic carbocycles. The Morgan fingerprint density at radius 3 is 1.04 bits per heavy atom. The van der Waals surface area contributed by atoms with Gasteiger partial charge in [0.1, 0.15) is 49.4 Å². The highest BCUT2D eigenvalue weighted by molar-refractivity contribution is 6.09. The Labute approximate surface area is 315 Å². The predicted molar refractivity (Wildman–Crippen MR) is 219 cm³/mol. The van der Waals surface area contributed by atoms with Gasteiger partial charge in [-0.2, -0.15) is 0 Å². The van der Waals surface area contributed by atoms with Gasteiger partial charge in [0.05, 0.1) is 0 Å². The first-order chi connectivity index (χ1) is 26.7. The van der Waals surface area contributed by atoms with E-state index in [4.69, 9.17) is 18.9 Å². The zero-order valence-electron chi connectivity index (χ0n) is 29.8. The first-order valence-electron chi connectivity index (χ1n) is 18.3. The summed E-state index contributed by atoms with van der Waals surface area (Å²) < 4.78 is 25.7. The number of hydrogen-bond donors (Lipinski definition) is 0. The van der Waals surface area contributed by atoms with E-state index in [1.807, 2.05) is 24.3 Å². The van der Waals surface area contributed by atoms with Crippen LogP contribution in [0.15, 0.2) is 170 Å². The minimum atomic E-state index is 0.419. The molecule has 0 aromatic heterocycles. The molecule has 4 heteroatoms. The molecule has 0 fully saturated rings. The van der Waals surface area contributed by atoms with Gasteiger partial charge >= 0.3 is 0 Å². The molecule has 0 N–H and O–H groups in total. The van der Waals surface area contributed by atoms with E-state index in [0.29, 0.717) is 26.4 Å². The second-order valence-electron chi connectivity index (χ2n) is 13.6. The first-order valence-corrected chi connectivity index (χ1v) is 18.3. The van der Waals surface area contributed by atoms with E-state index in [-0.39, 0.29) is 0 Å². The lowest BCUT2D eigenvalue weighted by atomic mass is 9.92. The Hall–Kier alpha value is -6.78. The molecule has 0 spiro atoms. The van der Waals surface area contributed by atoms with Crippen molar-refractivity contribution in [2.75, 3.05) is 0 Å². The van der Waals surface area contributed by atoms with Gasteiger partial charge in [0.15, 0.2) is 0 Å². The van der Waals surface area contributed by atoms with Crippen LogP contribution in [-0.4, -0.2) is 0 Å². The van der Waals surface area contributed by atoms with E-state index in [2.05, 4.69) is 158 Å². The molecule has 0 radical (unpaired) electrons. The summed E-state index contributed by atoms with van der Waals surface area (Å²) in [6, 6.07) is 58.6. The minimum absolute atomic E-state index is 0.419. The van der Waals surface area contributed by atoms with E-state index in [1.54, 1.807) is 0 Å². The highest BCUT2D eigenvalue weighted by Gasteiger charge is 2.19. The van der Waals surface area contributed by atoms with Crippen LogP contribution in [0.1, 0.15) is 33.4 Å². The molecular weight excluding hydrogens is 665 g/mol. The van der Waals surface area contributed by atoms with Crippen molar-refractivity contribution in [2.24, 2.45) is 0 Å². The molecule has 5 aliphatic heterocycles. The Balaban J connectivity index is 1.08. The normalized spacial score (nSPS) is 13.6. The van der Waals surface area contributed by atoms with Crippen molar-refractivity contribution in [2.45, 2.75) is 26.4 Å². The van der Waals surface area contributed by atoms with Gasteiger partial charge in [-0.3, -0.25) is 0 Å². The van der Waals surface area contributed by atoms with Crippen LogP contribution in [0.2, 0.25) is 0 Å². The number of benzene rings is 8. The molecule has 5 aliphatic rings. The largest absolute Gasteiger partial charge is 0.489 e. The van der Waals surface area contributed by atoms with Crippen molar-refractivity contribution < 1.29 is 18.9 Å². The Bertz CT molecular complexity index is 2390. The molecule has 0 unspecified atom stereocenters. The molecule has 8 aromatic rings.